The molecule has 0 aliphatic carbocycles. The Morgan fingerprint density at radius 2 is 1.86 bits per heavy atom. The normalized spacial score (nSPS) is 10.4. The lowest BCUT2D eigenvalue weighted by molar-refractivity contribution is 0.587. The van der Waals surface area contributed by atoms with Crippen molar-refractivity contribution in [1.29, 1.82) is 0 Å². The molecule has 78 valence electrons. The average Bonchev–Trinajstić information content (AvgIpc) is 2.19. The molecule has 0 fully saturated rings. The minimum absolute atomic E-state index is 0.0207. The van der Waals surface area contributed by atoms with Crippen molar-refractivity contribution in [2.24, 2.45) is 7.05 Å². The first-order chi connectivity index (χ1) is 6.50. The highest BCUT2D eigenvalue weighted by Gasteiger charge is 2.11. The molecule has 0 spiro atoms. The lowest BCUT2D eigenvalue weighted by Gasteiger charge is -2.10. The number of nitrogen functional groups attached to an aromatic ring is 2. The summed E-state index contributed by atoms with van der Waals surface area (Å²) in [5.74, 6) is 0.0207. The predicted molar refractivity (Wildman–Crippen MR) is 55.1 cm³/mol. The molecular weight excluding hydrogens is 184 g/mol. The summed E-state index contributed by atoms with van der Waals surface area (Å²) in [5, 5.41) is 0. The molecule has 0 radical (unpaired) electrons. The lowest BCUT2D eigenvalue weighted by Crippen LogP contribution is -2.41. The van der Waals surface area contributed by atoms with E-state index in [4.69, 9.17) is 11.5 Å². The van der Waals surface area contributed by atoms with Crippen LogP contribution < -0.4 is 22.7 Å². The van der Waals surface area contributed by atoms with Gasteiger partial charge >= 0.3 is 5.69 Å². The first-order valence-electron chi connectivity index (χ1n) is 4.35. The van der Waals surface area contributed by atoms with Crippen LogP contribution in [-0.2, 0) is 13.6 Å². The van der Waals surface area contributed by atoms with Crippen LogP contribution in [0.4, 0.5) is 11.5 Å². The fourth-order valence-corrected chi connectivity index (χ4v) is 1.23. The molecule has 6 heteroatoms. The number of nitrogens with zero attached hydrogens (tertiary/aromatic N) is 2. The zero-order valence-corrected chi connectivity index (χ0v) is 8.28. The Hall–Kier alpha value is -1.72. The summed E-state index contributed by atoms with van der Waals surface area (Å²) in [6.07, 6.45) is 0.693. The van der Waals surface area contributed by atoms with Gasteiger partial charge in [0.15, 0.2) is 0 Å². The Kier molecular flexibility index (Phi) is 2.64. The Bertz CT molecular complexity index is 420. The van der Waals surface area contributed by atoms with Gasteiger partial charge in [0.25, 0.3) is 5.56 Å². The highest BCUT2D eigenvalue weighted by atomic mass is 16.2. The van der Waals surface area contributed by atoms with Crippen molar-refractivity contribution < 1.29 is 0 Å². The number of aromatic nitrogens is 2. The quantitative estimate of drug-likeness (QED) is 0.645. The summed E-state index contributed by atoms with van der Waals surface area (Å²) in [4.78, 5) is 23.0. The van der Waals surface area contributed by atoms with Gasteiger partial charge in [-0.25, -0.2) is 4.79 Å². The van der Waals surface area contributed by atoms with Crippen molar-refractivity contribution in [3.05, 3.63) is 20.8 Å². The van der Waals surface area contributed by atoms with Crippen LogP contribution in [0.2, 0.25) is 0 Å². The summed E-state index contributed by atoms with van der Waals surface area (Å²) < 4.78 is 2.26. The molecule has 1 aromatic rings. The largest absolute Gasteiger partial charge is 0.391 e. The maximum absolute atomic E-state index is 11.5. The lowest BCUT2D eigenvalue weighted by atomic mass is 10.4. The molecule has 14 heavy (non-hydrogen) atoms. The third-order valence-corrected chi connectivity index (χ3v) is 2.08. The van der Waals surface area contributed by atoms with Gasteiger partial charge in [0, 0.05) is 13.6 Å². The van der Waals surface area contributed by atoms with Crippen molar-refractivity contribution in [2.75, 3.05) is 11.5 Å². The Morgan fingerprint density at radius 3 is 2.36 bits per heavy atom. The van der Waals surface area contributed by atoms with E-state index in [0.29, 0.717) is 13.0 Å². The van der Waals surface area contributed by atoms with Crippen molar-refractivity contribution >= 4 is 11.5 Å². The van der Waals surface area contributed by atoms with Crippen LogP contribution in [0, 0.1) is 0 Å². The molecule has 0 saturated carbocycles. The molecule has 0 unspecified atom stereocenters. The third-order valence-electron chi connectivity index (χ3n) is 2.08. The second-order valence-corrected chi connectivity index (χ2v) is 3.10. The van der Waals surface area contributed by atoms with E-state index in [-0.39, 0.29) is 11.5 Å². The molecule has 0 aliphatic heterocycles. The first kappa shape index (κ1) is 10.4. The second-order valence-electron chi connectivity index (χ2n) is 3.10. The van der Waals surface area contributed by atoms with Crippen molar-refractivity contribution in [2.45, 2.75) is 19.9 Å². The number of rotatable bonds is 2. The summed E-state index contributed by atoms with van der Waals surface area (Å²) in [7, 11) is 1.49. The molecule has 0 saturated heterocycles. The van der Waals surface area contributed by atoms with Gasteiger partial charge in [-0.3, -0.25) is 13.9 Å². The van der Waals surface area contributed by atoms with E-state index in [1.54, 1.807) is 0 Å². The van der Waals surface area contributed by atoms with Crippen LogP contribution in [-0.4, -0.2) is 9.13 Å². The van der Waals surface area contributed by atoms with E-state index in [1.807, 2.05) is 6.92 Å². The van der Waals surface area contributed by atoms with Gasteiger partial charge in [0.2, 0.25) is 0 Å². The maximum atomic E-state index is 11.5. The fourth-order valence-electron chi connectivity index (χ4n) is 1.23. The highest BCUT2D eigenvalue weighted by Crippen LogP contribution is 2.02. The molecule has 1 heterocycles. The van der Waals surface area contributed by atoms with Crippen LogP contribution >= 0.6 is 0 Å². The predicted octanol–water partition coefficient (Wildman–Crippen LogP) is -0.879. The van der Waals surface area contributed by atoms with Gasteiger partial charge in [0.1, 0.15) is 11.5 Å². The van der Waals surface area contributed by atoms with Gasteiger partial charge in [-0.05, 0) is 6.42 Å². The van der Waals surface area contributed by atoms with Crippen LogP contribution in [0.3, 0.4) is 0 Å². The Labute approximate surface area is 80.8 Å². The van der Waals surface area contributed by atoms with Gasteiger partial charge in [0.05, 0.1) is 0 Å². The third kappa shape index (κ3) is 1.39. The van der Waals surface area contributed by atoms with E-state index in [1.165, 1.54) is 11.6 Å². The molecule has 1 aromatic heterocycles. The molecule has 1 rings (SSSR count). The molecular formula is C8H14N4O2. The number of hydrogen-bond acceptors (Lipinski definition) is 4. The minimum atomic E-state index is -0.507. The van der Waals surface area contributed by atoms with E-state index < -0.39 is 11.2 Å². The molecule has 0 aliphatic rings. The SMILES string of the molecule is CCCn1c(=O)c(N)c(N)n(C)c1=O. The van der Waals surface area contributed by atoms with E-state index in [9.17, 15) is 9.59 Å². The highest BCUT2D eigenvalue weighted by molar-refractivity contribution is 5.56. The molecule has 0 bridgehead atoms. The van der Waals surface area contributed by atoms with Gasteiger partial charge in [-0.1, -0.05) is 6.92 Å². The van der Waals surface area contributed by atoms with E-state index in [2.05, 4.69) is 0 Å². The first-order valence-corrected chi connectivity index (χ1v) is 4.35. The second kappa shape index (κ2) is 3.57. The number of anilines is 2. The minimum Gasteiger partial charge on any atom is -0.391 e. The van der Waals surface area contributed by atoms with Gasteiger partial charge in [-0.15, -0.1) is 0 Å². The topological polar surface area (TPSA) is 96.0 Å². The van der Waals surface area contributed by atoms with Crippen molar-refractivity contribution in [1.82, 2.24) is 9.13 Å². The monoisotopic (exact) mass is 198 g/mol. The Morgan fingerprint density at radius 1 is 1.29 bits per heavy atom. The fraction of sp³-hybridized carbons (Fsp3) is 0.500. The summed E-state index contributed by atoms with van der Waals surface area (Å²) in [6, 6.07) is 0. The van der Waals surface area contributed by atoms with E-state index in [0.717, 1.165) is 4.57 Å². The van der Waals surface area contributed by atoms with Crippen molar-refractivity contribution in [3.63, 3.8) is 0 Å². The standard InChI is InChI=1S/C8H14N4O2/c1-3-4-12-7(13)5(9)6(10)11(2)8(12)14/h3-4,9-10H2,1-2H3. The molecule has 0 atom stereocenters. The zero-order chi connectivity index (χ0) is 10.9. The zero-order valence-electron chi connectivity index (χ0n) is 8.28. The Balaban J connectivity index is 3.61. The van der Waals surface area contributed by atoms with Crippen LogP contribution in [0.1, 0.15) is 13.3 Å². The van der Waals surface area contributed by atoms with E-state index >= 15 is 0 Å². The van der Waals surface area contributed by atoms with Crippen LogP contribution in [0.5, 0.6) is 0 Å². The van der Waals surface area contributed by atoms with Gasteiger partial charge in [-0.2, -0.15) is 0 Å². The van der Waals surface area contributed by atoms with Crippen molar-refractivity contribution in [3.8, 4) is 0 Å². The summed E-state index contributed by atoms with van der Waals surface area (Å²) >= 11 is 0. The molecule has 0 amide bonds. The average molecular weight is 198 g/mol. The number of hydrogen-bond donors (Lipinski definition) is 2. The molecule has 0 aromatic carbocycles. The maximum Gasteiger partial charge on any atom is 0.332 e. The number of nitrogens with two attached hydrogens (primary N) is 2. The smallest absolute Gasteiger partial charge is 0.332 e. The van der Waals surface area contributed by atoms with Gasteiger partial charge < -0.3 is 11.5 Å². The summed E-state index contributed by atoms with van der Waals surface area (Å²) in [5.41, 5.74) is 9.93. The molecule has 6 nitrogen and oxygen atoms in total. The van der Waals surface area contributed by atoms with Crippen LogP contribution in [0.15, 0.2) is 9.59 Å². The molecule has 4 N–H and O–H groups in total. The summed E-state index contributed by atoms with van der Waals surface area (Å²) in [6.45, 7) is 2.23. The van der Waals surface area contributed by atoms with Crippen LogP contribution in [0.25, 0.3) is 0 Å².